The Morgan fingerprint density at radius 1 is 1.33 bits per heavy atom. The summed E-state index contributed by atoms with van der Waals surface area (Å²) in [4.78, 5) is 23.2. The van der Waals surface area contributed by atoms with Crippen LogP contribution in [0, 0.1) is 5.41 Å². The minimum absolute atomic E-state index is 0.0268. The summed E-state index contributed by atoms with van der Waals surface area (Å²) < 4.78 is 10.4. The van der Waals surface area contributed by atoms with Crippen LogP contribution >= 0.6 is 39.1 Å². The molecule has 0 spiro atoms. The van der Waals surface area contributed by atoms with Crippen LogP contribution in [0.4, 0.5) is 0 Å². The summed E-state index contributed by atoms with van der Waals surface area (Å²) in [7, 11) is 0. The van der Waals surface area contributed by atoms with E-state index in [0.29, 0.717) is 15.8 Å². The van der Waals surface area contributed by atoms with Gasteiger partial charge in [0.25, 0.3) is 0 Å². The van der Waals surface area contributed by atoms with Gasteiger partial charge in [-0.1, -0.05) is 23.2 Å². The van der Waals surface area contributed by atoms with Crippen molar-refractivity contribution in [2.75, 3.05) is 6.61 Å². The van der Waals surface area contributed by atoms with Gasteiger partial charge in [-0.2, -0.15) is 0 Å². The average molecular weight is 398 g/mol. The molecule has 0 aromatic heterocycles. The summed E-state index contributed by atoms with van der Waals surface area (Å²) in [6.45, 7) is 4.59. The van der Waals surface area contributed by atoms with E-state index >= 15 is 0 Å². The van der Waals surface area contributed by atoms with Crippen LogP contribution in [0.15, 0.2) is 18.2 Å². The van der Waals surface area contributed by atoms with Crippen molar-refractivity contribution in [3.63, 3.8) is 0 Å². The SMILES string of the molecule is CC(=O)OCC(C)(C)C(=O)C(Br)Oc1ccc(Cl)cc1Cl. The molecule has 0 saturated carbocycles. The van der Waals surface area contributed by atoms with Crippen molar-refractivity contribution in [3.05, 3.63) is 28.2 Å². The molecule has 116 valence electrons. The number of rotatable bonds is 6. The number of esters is 1. The highest BCUT2D eigenvalue weighted by Crippen LogP contribution is 2.31. The number of carbonyl (C=O) groups excluding carboxylic acids is 2. The van der Waals surface area contributed by atoms with Gasteiger partial charge in [0.05, 0.1) is 10.4 Å². The van der Waals surface area contributed by atoms with E-state index in [1.165, 1.54) is 13.0 Å². The van der Waals surface area contributed by atoms with Gasteiger partial charge in [0.2, 0.25) is 5.01 Å². The van der Waals surface area contributed by atoms with Crippen LogP contribution in [0.5, 0.6) is 5.75 Å². The van der Waals surface area contributed by atoms with Crippen LogP contribution in [-0.2, 0) is 14.3 Å². The van der Waals surface area contributed by atoms with Crippen molar-refractivity contribution < 1.29 is 19.1 Å². The summed E-state index contributed by atoms with van der Waals surface area (Å²) in [6.07, 6.45) is 0. The van der Waals surface area contributed by atoms with E-state index in [-0.39, 0.29) is 12.4 Å². The van der Waals surface area contributed by atoms with Crippen LogP contribution in [0.2, 0.25) is 10.0 Å². The maximum Gasteiger partial charge on any atom is 0.302 e. The van der Waals surface area contributed by atoms with Gasteiger partial charge in [-0.25, -0.2) is 0 Å². The van der Waals surface area contributed by atoms with Gasteiger partial charge in [0.15, 0.2) is 5.78 Å². The van der Waals surface area contributed by atoms with Gasteiger partial charge in [-0.3, -0.25) is 9.59 Å². The Kier molecular flexibility index (Phi) is 6.50. The zero-order valence-corrected chi connectivity index (χ0v) is 14.9. The molecule has 0 aliphatic heterocycles. The highest BCUT2D eigenvalue weighted by molar-refractivity contribution is 9.09. The van der Waals surface area contributed by atoms with Crippen molar-refractivity contribution in [3.8, 4) is 5.75 Å². The molecular formula is C14H15BrCl2O4. The molecule has 0 saturated heterocycles. The number of carbonyl (C=O) groups is 2. The van der Waals surface area contributed by atoms with E-state index < -0.39 is 16.4 Å². The lowest BCUT2D eigenvalue weighted by Crippen LogP contribution is -2.38. The lowest BCUT2D eigenvalue weighted by molar-refractivity contribution is -0.147. The first kappa shape index (κ1) is 18.3. The van der Waals surface area contributed by atoms with Crippen LogP contribution in [0.3, 0.4) is 0 Å². The summed E-state index contributed by atoms with van der Waals surface area (Å²) in [5, 5.41) is -0.140. The second kappa shape index (κ2) is 7.47. The van der Waals surface area contributed by atoms with Crippen LogP contribution in [0.1, 0.15) is 20.8 Å². The number of hydrogen-bond acceptors (Lipinski definition) is 4. The fourth-order valence-electron chi connectivity index (χ4n) is 1.40. The van der Waals surface area contributed by atoms with Gasteiger partial charge in [0.1, 0.15) is 12.4 Å². The Labute approximate surface area is 141 Å². The number of ether oxygens (including phenoxy) is 2. The second-order valence-electron chi connectivity index (χ2n) is 5.04. The van der Waals surface area contributed by atoms with Crippen molar-refractivity contribution >= 4 is 50.9 Å². The van der Waals surface area contributed by atoms with E-state index in [1.54, 1.807) is 26.0 Å². The predicted molar refractivity (Wildman–Crippen MR) is 85.2 cm³/mol. The zero-order chi connectivity index (χ0) is 16.2. The van der Waals surface area contributed by atoms with Gasteiger partial charge >= 0.3 is 5.97 Å². The minimum Gasteiger partial charge on any atom is -0.470 e. The third kappa shape index (κ3) is 5.49. The van der Waals surface area contributed by atoms with Crippen molar-refractivity contribution in [1.82, 2.24) is 0 Å². The average Bonchev–Trinajstić information content (AvgIpc) is 2.38. The molecule has 0 radical (unpaired) electrons. The summed E-state index contributed by atoms with van der Waals surface area (Å²) in [5.74, 6) is -0.377. The Bertz CT molecular complexity index is 546. The number of hydrogen-bond donors (Lipinski definition) is 0. The molecule has 0 bridgehead atoms. The maximum atomic E-state index is 12.3. The molecule has 1 atom stereocenters. The molecule has 21 heavy (non-hydrogen) atoms. The first-order valence-corrected chi connectivity index (χ1v) is 7.74. The number of halogens is 3. The third-order valence-corrected chi connectivity index (χ3v) is 3.77. The van der Waals surface area contributed by atoms with Crippen LogP contribution in [-0.4, -0.2) is 23.4 Å². The number of benzene rings is 1. The summed E-state index contributed by atoms with van der Waals surface area (Å²) >= 11 is 14.9. The van der Waals surface area contributed by atoms with Gasteiger partial charge in [0, 0.05) is 11.9 Å². The molecule has 0 aliphatic rings. The zero-order valence-electron chi connectivity index (χ0n) is 11.8. The normalized spacial score (nSPS) is 12.7. The Morgan fingerprint density at radius 2 is 1.95 bits per heavy atom. The monoisotopic (exact) mass is 396 g/mol. The minimum atomic E-state index is -0.915. The second-order valence-corrected chi connectivity index (χ2v) is 6.71. The molecule has 4 nitrogen and oxygen atoms in total. The lowest BCUT2D eigenvalue weighted by Gasteiger charge is -2.25. The Hall–Kier alpha value is -0.780. The van der Waals surface area contributed by atoms with Crippen molar-refractivity contribution in [2.24, 2.45) is 5.41 Å². The quantitative estimate of drug-likeness (QED) is 0.531. The van der Waals surface area contributed by atoms with Gasteiger partial charge in [-0.15, -0.1) is 0 Å². The van der Waals surface area contributed by atoms with Crippen LogP contribution in [0.25, 0.3) is 0 Å². The fourth-order valence-corrected chi connectivity index (χ4v) is 2.67. The van der Waals surface area contributed by atoms with Crippen molar-refractivity contribution in [2.45, 2.75) is 25.8 Å². The first-order chi connectivity index (χ1) is 9.63. The molecule has 0 aliphatic carbocycles. The van der Waals surface area contributed by atoms with E-state index in [4.69, 9.17) is 32.7 Å². The Balaban J connectivity index is 2.75. The topological polar surface area (TPSA) is 52.6 Å². The molecule has 1 unspecified atom stereocenters. The van der Waals surface area contributed by atoms with Gasteiger partial charge in [-0.05, 0) is 48.0 Å². The molecule has 0 amide bonds. The number of Topliss-reactive ketones (excluding diaryl/α,β-unsaturated/α-hetero) is 1. The predicted octanol–water partition coefficient (Wildman–Crippen LogP) is 4.25. The highest BCUT2D eigenvalue weighted by Gasteiger charge is 2.35. The maximum absolute atomic E-state index is 12.3. The highest BCUT2D eigenvalue weighted by atomic mass is 79.9. The molecule has 1 aromatic rings. The number of ketones is 1. The van der Waals surface area contributed by atoms with E-state index in [0.717, 1.165) is 0 Å². The molecule has 0 N–H and O–H groups in total. The molecular weight excluding hydrogens is 383 g/mol. The molecule has 1 aromatic carbocycles. The van der Waals surface area contributed by atoms with Crippen molar-refractivity contribution in [1.29, 1.82) is 0 Å². The summed E-state index contributed by atoms with van der Waals surface area (Å²) in [6, 6.07) is 4.70. The van der Waals surface area contributed by atoms with E-state index in [1.807, 2.05) is 0 Å². The fraction of sp³-hybridized carbons (Fsp3) is 0.429. The molecule has 0 fully saturated rings. The van der Waals surface area contributed by atoms with E-state index in [2.05, 4.69) is 15.9 Å². The van der Waals surface area contributed by atoms with Gasteiger partial charge < -0.3 is 9.47 Å². The first-order valence-electron chi connectivity index (χ1n) is 6.07. The molecule has 7 heteroatoms. The van der Waals surface area contributed by atoms with Crippen LogP contribution < -0.4 is 4.74 Å². The standard InChI is InChI=1S/C14H15BrCl2O4/c1-8(18)20-7-14(2,3)12(19)13(15)21-11-5-4-9(16)6-10(11)17/h4-6,13H,7H2,1-3H3. The largest absolute Gasteiger partial charge is 0.470 e. The smallest absolute Gasteiger partial charge is 0.302 e. The Morgan fingerprint density at radius 3 is 2.48 bits per heavy atom. The van der Waals surface area contributed by atoms with E-state index in [9.17, 15) is 9.59 Å². The lowest BCUT2D eigenvalue weighted by atomic mass is 9.89. The summed E-state index contributed by atoms with van der Waals surface area (Å²) in [5.41, 5.74) is -0.890. The number of alkyl halides is 1. The molecule has 1 rings (SSSR count). The third-order valence-electron chi connectivity index (χ3n) is 2.63. The molecule has 0 heterocycles.